The van der Waals surface area contributed by atoms with Crippen LogP contribution in [0.4, 0.5) is 0 Å². The number of allylic oxidation sites excluding steroid dienone is 1. The van der Waals surface area contributed by atoms with Gasteiger partial charge in [-0.3, -0.25) is 9.69 Å². The average molecular weight is 701 g/mol. The third kappa shape index (κ3) is 6.11. The topological polar surface area (TPSA) is 113 Å². The third-order valence-electron chi connectivity index (χ3n) is 9.93. The molecule has 6 heterocycles. The molecule has 1 amide bonds. The van der Waals surface area contributed by atoms with Crippen LogP contribution in [0.25, 0.3) is 0 Å². The highest BCUT2D eigenvalue weighted by molar-refractivity contribution is 9.10. The van der Waals surface area contributed by atoms with E-state index in [4.69, 9.17) is 24.5 Å². The van der Waals surface area contributed by atoms with E-state index in [0.717, 1.165) is 29.3 Å². The maximum Gasteiger partial charge on any atom is 0.491 e. The number of rotatable bonds is 3. The second-order valence-corrected chi connectivity index (χ2v) is 16.1. The van der Waals surface area contributed by atoms with Gasteiger partial charge < -0.3 is 29.1 Å². The van der Waals surface area contributed by atoms with Crippen LogP contribution < -0.4 is 10.5 Å². The zero-order valence-electron chi connectivity index (χ0n) is 27.1. The van der Waals surface area contributed by atoms with Crippen LogP contribution in [0.15, 0.2) is 57.3 Å². The van der Waals surface area contributed by atoms with Crippen LogP contribution in [0.5, 0.6) is 5.75 Å². The number of imidazole rings is 1. The number of amides is 1. The first kappa shape index (κ1) is 32.6. The van der Waals surface area contributed by atoms with Crippen molar-refractivity contribution in [1.29, 1.82) is 0 Å². The zero-order chi connectivity index (χ0) is 32.4. The number of hydrogen-bond donors (Lipinski definition) is 1. The van der Waals surface area contributed by atoms with E-state index in [1.807, 2.05) is 36.9 Å². The van der Waals surface area contributed by atoms with Crippen molar-refractivity contribution in [1.82, 2.24) is 14.5 Å². The number of aliphatic imine (C=N–C) groups is 1. The Labute approximate surface area is 278 Å². The highest BCUT2D eigenvalue weighted by Crippen LogP contribution is 2.50. The van der Waals surface area contributed by atoms with Gasteiger partial charge in [-0.25, -0.2) is 9.98 Å². The molecule has 0 bridgehead atoms. The molecule has 0 aliphatic carbocycles. The summed E-state index contributed by atoms with van der Waals surface area (Å²) in [6.07, 6.45) is 8.82. The van der Waals surface area contributed by atoms with Gasteiger partial charge in [-0.1, -0.05) is 15.9 Å². The number of guanidine groups is 1. The summed E-state index contributed by atoms with van der Waals surface area (Å²) in [6.45, 7) is 13.3. The fourth-order valence-corrected chi connectivity index (χ4v) is 8.08. The van der Waals surface area contributed by atoms with E-state index in [2.05, 4.69) is 77.4 Å². The number of nitrogens with two attached hydrogens (primary N) is 1. The number of nitrogens with zero attached hydrogens (tertiary/aromatic N) is 4. The Balaban J connectivity index is 0.000000167. The number of likely N-dealkylation sites (N-methyl/N-ethyl adjacent to an activating group) is 1. The molecule has 4 atom stereocenters. The summed E-state index contributed by atoms with van der Waals surface area (Å²) in [4.78, 5) is 23.3. The monoisotopic (exact) mass is 699 g/mol. The van der Waals surface area contributed by atoms with E-state index in [1.165, 1.54) is 10.4 Å². The summed E-state index contributed by atoms with van der Waals surface area (Å²) < 4.78 is 27.4. The molecule has 2 aromatic rings. The fourth-order valence-electron chi connectivity index (χ4n) is 6.63. The number of carbonyl (C=O) groups is 1. The first-order valence-corrected chi connectivity index (χ1v) is 17.3. The lowest BCUT2D eigenvalue weighted by Gasteiger charge is -2.44. The number of fused-ring (bicyclic) bond motifs is 2. The van der Waals surface area contributed by atoms with E-state index in [9.17, 15) is 4.79 Å². The molecule has 45 heavy (non-hydrogen) atoms. The van der Waals surface area contributed by atoms with Gasteiger partial charge in [-0.15, -0.1) is 11.8 Å². The van der Waals surface area contributed by atoms with E-state index in [-0.39, 0.29) is 41.9 Å². The van der Waals surface area contributed by atoms with Gasteiger partial charge in [0.2, 0.25) is 0 Å². The molecule has 0 radical (unpaired) electrons. The predicted octanol–water partition coefficient (Wildman–Crippen LogP) is 5.82. The largest absolute Gasteiger partial charge is 0.491 e. The minimum Gasteiger partial charge on any atom is -0.490 e. The Hall–Kier alpha value is -2.32. The van der Waals surface area contributed by atoms with Crippen molar-refractivity contribution in [2.45, 2.75) is 101 Å². The smallest absolute Gasteiger partial charge is 0.490 e. The SMILES string of the molecule is CC1(C)OB(C2=CSC(n3ccnc3)C2)OC1(C)C.CN1C(=O)C2(CC(C3CCOC(C)(C)C3)Oc3ccc(Br)cc32)N=C1N. The van der Waals surface area contributed by atoms with Crippen molar-refractivity contribution in [3.63, 3.8) is 0 Å². The first-order valence-electron chi connectivity index (χ1n) is 15.5. The van der Waals surface area contributed by atoms with Gasteiger partial charge >= 0.3 is 7.12 Å². The quantitative estimate of drug-likeness (QED) is 0.399. The second-order valence-electron chi connectivity index (χ2n) is 14.1. The highest BCUT2D eigenvalue weighted by atomic mass is 79.9. The van der Waals surface area contributed by atoms with E-state index < -0.39 is 5.54 Å². The Morgan fingerprint density at radius 3 is 2.47 bits per heavy atom. The van der Waals surface area contributed by atoms with Crippen molar-refractivity contribution in [2.24, 2.45) is 16.6 Å². The van der Waals surface area contributed by atoms with Gasteiger partial charge in [0.25, 0.3) is 5.91 Å². The number of ether oxygens (including phenoxy) is 2. The van der Waals surface area contributed by atoms with Gasteiger partial charge in [0.15, 0.2) is 11.5 Å². The first-order chi connectivity index (χ1) is 21.1. The summed E-state index contributed by atoms with van der Waals surface area (Å²) in [7, 11) is 1.46. The summed E-state index contributed by atoms with van der Waals surface area (Å²) in [5, 5.41) is 2.55. The number of carbonyl (C=O) groups excluding carboxylic acids is 1. The summed E-state index contributed by atoms with van der Waals surface area (Å²) >= 11 is 5.30. The Morgan fingerprint density at radius 1 is 1.11 bits per heavy atom. The summed E-state index contributed by atoms with van der Waals surface area (Å²) in [6, 6.07) is 5.77. The molecule has 4 unspecified atom stereocenters. The average Bonchev–Trinajstić information content (AvgIpc) is 3.74. The van der Waals surface area contributed by atoms with Gasteiger partial charge in [0, 0.05) is 48.4 Å². The van der Waals surface area contributed by atoms with Crippen LogP contribution in [0.2, 0.25) is 0 Å². The molecular weight excluding hydrogens is 657 g/mol. The van der Waals surface area contributed by atoms with Crippen molar-refractivity contribution in [3.8, 4) is 5.75 Å². The third-order valence-corrected chi connectivity index (χ3v) is 11.6. The number of thioether (sulfide) groups is 1. The predicted molar refractivity (Wildman–Crippen MR) is 180 cm³/mol. The van der Waals surface area contributed by atoms with Gasteiger partial charge in [0.1, 0.15) is 11.9 Å². The number of benzene rings is 1. The lowest BCUT2D eigenvalue weighted by Crippen LogP contribution is -2.49. The van der Waals surface area contributed by atoms with Crippen molar-refractivity contribution in [3.05, 3.63) is 57.8 Å². The molecule has 5 aliphatic rings. The molecule has 2 saturated heterocycles. The molecule has 5 aliphatic heterocycles. The van der Waals surface area contributed by atoms with Crippen molar-refractivity contribution < 1.29 is 23.6 Å². The molecule has 2 fully saturated rings. The maximum atomic E-state index is 13.2. The molecule has 1 spiro atoms. The standard InChI is InChI=1S/C19H24BrN3O3.C13H19BN2O2S/c1-18(2)9-11(6-7-25-18)15-10-19(16(24)23(3)17(21)22-19)13-8-12(20)4-5-14(13)26-15;1-12(2)13(3,4)18-14(17-12)10-7-11(19-8-10)16-6-5-15-9-16/h4-5,8,11,15H,6-7,9-10H2,1-3H3,(H2,21,22);5-6,8-9,11H,7H2,1-4H3. The van der Waals surface area contributed by atoms with Gasteiger partial charge in [0.05, 0.1) is 28.5 Å². The number of hydrogen-bond acceptors (Lipinski definition) is 9. The Kier molecular flexibility index (Phi) is 8.51. The molecule has 0 saturated carbocycles. The molecule has 2 N–H and O–H groups in total. The summed E-state index contributed by atoms with van der Waals surface area (Å²) in [5.41, 5.74) is 6.31. The lowest BCUT2D eigenvalue weighted by molar-refractivity contribution is -0.134. The lowest BCUT2D eigenvalue weighted by atomic mass is 9.75. The van der Waals surface area contributed by atoms with Crippen LogP contribution >= 0.6 is 27.7 Å². The molecule has 242 valence electrons. The molecule has 13 heteroatoms. The Morgan fingerprint density at radius 2 is 1.84 bits per heavy atom. The minimum atomic E-state index is -0.997. The van der Waals surface area contributed by atoms with Crippen LogP contribution in [0, 0.1) is 5.92 Å². The number of halogens is 1. The molecular formula is C32H43BBrN5O5S. The zero-order valence-corrected chi connectivity index (χ0v) is 29.5. The minimum absolute atomic E-state index is 0.0889. The van der Waals surface area contributed by atoms with E-state index >= 15 is 0 Å². The number of aromatic nitrogens is 2. The Bertz CT molecular complexity index is 1500. The van der Waals surface area contributed by atoms with E-state index in [1.54, 1.807) is 18.8 Å². The normalized spacial score (nSPS) is 31.2. The summed E-state index contributed by atoms with van der Waals surface area (Å²) in [5.74, 6) is 1.19. The molecule has 1 aromatic heterocycles. The van der Waals surface area contributed by atoms with Crippen LogP contribution in [-0.4, -0.2) is 70.0 Å². The fraction of sp³-hybridized carbons (Fsp3) is 0.594. The molecule has 7 rings (SSSR count). The van der Waals surface area contributed by atoms with Crippen LogP contribution in [-0.2, 0) is 24.4 Å². The maximum absolute atomic E-state index is 13.2. The van der Waals surface area contributed by atoms with Gasteiger partial charge in [-0.2, -0.15) is 0 Å². The van der Waals surface area contributed by atoms with Crippen LogP contribution in [0.1, 0.15) is 78.2 Å². The second kappa shape index (κ2) is 11.7. The van der Waals surface area contributed by atoms with Gasteiger partial charge in [-0.05, 0) is 89.9 Å². The van der Waals surface area contributed by atoms with Crippen molar-refractivity contribution >= 4 is 46.7 Å². The molecule has 1 aromatic carbocycles. The van der Waals surface area contributed by atoms with Crippen molar-refractivity contribution in [2.75, 3.05) is 13.7 Å². The highest BCUT2D eigenvalue weighted by Gasteiger charge is 2.55. The van der Waals surface area contributed by atoms with Crippen LogP contribution in [0.3, 0.4) is 0 Å². The molecule has 10 nitrogen and oxygen atoms in total. The van der Waals surface area contributed by atoms with E-state index in [0.29, 0.717) is 30.1 Å².